The molecule has 1 aliphatic heterocycles. The van der Waals surface area contributed by atoms with Crippen LogP contribution in [0.2, 0.25) is 0 Å². The van der Waals surface area contributed by atoms with Crippen molar-refractivity contribution in [2.45, 2.75) is 0 Å². The quantitative estimate of drug-likeness (QED) is 0.540. The molecule has 5 nitrogen and oxygen atoms in total. The van der Waals surface area contributed by atoms with Crippen molar-refractivity contribution in [1.29, 1.82) is 5.26 Å². The second-order valence-electron chi connectivity index (χ2n) is 5.36. The van der Waals surface area contributed by atoms with Gasteiger partial charge in [-0.25, -0.2) is 4.79 Å². The van der Waals surface area contributed by atoms with Crippen LogP contribution in [0.25, 0.3) is 11.8 Å². The Kier molecular flexibility index (Phi) is 5.40. The van der Waals surface area contributed by atoms with Crippen LogP contribution in [0.3, 0.4) is 0 Å². The van der Waals surface area contributed by atoms with Crippen LogP contribution in [0.5, 0.6) is 11.5 Å². The van der Waals surface area contributed by atoms with Gasteiger partial charge in [0.15, 0.2) is 18.1 Å². The summed E-state index contributed by atoms with van der Waals surface area (Å²) < 4.78 is 16.9. The smallest absolute Gasteiger partial charge is 0.343 e. The Morgan fingerprint density at radius 1 is 1.19 bits per heavy atom. The molecule has 2 aromatic carbocycles. The highest BCUT2D eigenvalue weighted by Crippen LogP contribution is 2.31. The maximum Gasteiger partial charge on any atom is 0.343 e. The average Bonchev–Trinajstić information content (AvgIpc) is 3.01. The predicted molar refractivity (Wildman–Crippen MR) is 100 cm³/mol. The Morgan fingerprint density at radius 2 is 1.96 bits per heavy atom. The van der Waals surface area contributed by atoms with Gasteiger partial charge in [0.2, 0.25) is 0 Å². The molecule has 0 aliphatic carbocycles. The molecule has 2 aromatic rings. The van der Waals surface area contributed by atoms with Crippen LogP contribution in [0.4, 0.5) is 0 Å². The normalized spacial score (nSPS) is 14.6. The maximum atomic E-state index is 12.1. The van der Waals surface area contributed by atoms with E-state index >= 15 is 0 Å². The third-order valence-corrected chi connectivity index (χ3v) is 4.18. The molecule has 1 heterocycles. The fourth-order valence-electron chi connectivity index (χ4n) is 2.43. The molecule has 0 amide bonds. The Labute approximate surface area is 159 Å². The van der Waals surface area contributed by atoms with Gasteiger partial charge in [-0.1, -0.05) is 34.1 Å². The van der Waals surface area contributed by atoms with Crippen LogP contribution in [0.15, 0.2) is 58.6 Å². The molecule has 130 valence electrons. The van der Waals surface area contributed by atoms with Gasteiger partial charge in [0.25, 0.3) is 0 Å². The lowest BCUT2D eigenvalue weighted by Gasteiger charge is -2.08. The van der Waals surface area contributed by atoms with E-state index in [0.717, 1.165) is 15.6 Å². The number of nitriles is 1. The molecule has 0 bridgehead atoms. The lowest BCUT2D eigenvalue weighted by atomic mass is 10.1. The highest BCUT2D eigenvalue weighted by Gasteiger charge is 2.22. The fraction of sp³-hybridized carbons (Fsp3) is 0.100. The Hall–Kier alpha value is -3.04. The average molecular weight is 412 g/mol. The van der Waals surface area contributed by atoms with Crippen molar-refractivity contribution in [3.63, 3.8) is 0 Å². The van der Waals surface area contributed by atoms with Crippen molar-refractivity contribution in [2.75, 3.05) is 13.7 Å². The molecular weight excluding hydrogens is 398 g/mol. The number of carbonyl (C=O) groups is 1. The molecule has 26 heavy (non-hydrogen) atoms. The number of hydrogen-bond acceptors (Lipinski definition) is 5. The number of rotatable bonds is 5. The number of nitrogens with zero attached hydrogens (tertiary/aromatic N) is 1. The number of carbonyl (C=O) groups excluding carboxylic acids is 1. The minimum Gasteiger partial charge on any atom is -0.493 e. The molecule has 0 N–H and O–H groups in total. The minimum atomic E-state index is -0.410. The summed E-state index contributed by atoms with van der Waals surface area (Å²) in [6.07, 6.45) is 3.42. The number of esters is 1. The van der Waals surface area contributed by atoms with Crippen LogP contribution in [-0.4, -0.2) is 19.7 Å². The summed E-state index contributed by atoms with van der Waals surface area (Å²) in [4.78, 5) is 12.1. The summed E-state index contributed by atoms with van der Waals surface area (Å²) in [5, 5.41) is 8.61. The number of halogens is 1. The first-order valence-corrected chi connectivity index (χ1v) is 8.49. The van der Waals surface area contributed by atoms with Gasteiger partial charge in [0.05, 0.1) is 12.7 Å². The molecule has 0 radical (unpaired) electrons. The molecule has 0 saturated carbocycles. The lowest BCUT2D eigenvalue weighted by molar-refractivity contribution is -0.130. The summed E-state index contributed by atoms with van der Waals surface area (Å²) in [6, 6.07) is 14.6. The SMILES string of the molecule is COc1cc(C=C2C=C(c3ccc(Br)cc3)OC2=O)ccc1OCC#N. The van der Waals surface area contributed by atoms with Crippen LogP contribution in [0.1, 0.15) is 11.1 Å². The van der Waals surface area contributed by atoms with E-state index in [-0.39, 0.29) is 6.61 Å². The molecule has 0 spiro atoms. The molecule has 3 rings (SSSR count). The zero-order valence-corrected chi connectivity index (χ0v) is 15.4. The molecule has 0 atom stereocenters. The molecule has 0 aromatic heterocycles. The third-order valence-electron chi connectivity index (χ3n) is 3.66. The highest BCUT2D eigenvalue weighted by atomic mass is 79.9. The van der Waals surface area contributed by atoms with Crippen LogP contribution < -0.4 is 9.47 Å². The second kappa shape index (κ2) is 7.89. The molecule has 1 aliphatic rings. The predicted octanol–water partition coefficient (Wildman–Crippen LogP) is 4.34. The molecule has 0 unspecified atom stereocenters. The summed E-state index contributed by atoms with van der Waals surface area (Å²) in [7, 11) is 1.51. The first kappa shape index (κ1) is 17.8. The highest BCUT2D eigenvalue weighted by molar-refractivity contribution is 9.10. The topological polar surface area (TPSA) is 68.6 Å². The summed E-state index contributed by atoms with van der Waals surface area (Å²) in [5.41, 5.74) is 2.02. The number of ether oxygens (including phenoxy) is 3. The Morgan fingerprint density at radius 3 is 2.65 bits per heavy atom. The summed E-state index contributed by atoms with van der Waals surface area (Å²) in [6.45, 7) is -0.0671. The minimum absolute atomic E-state index is 0.0671. The van der Waals surface area contributed by atoms with E-state index in [9.17, 15) is 4.79 Å². The van der Waals surface area contributed by atoms with Gasteiger partial charge in [0.1, 0.15) is 11.8 Å². The zero-order chi connectivity index (χ0) is 18.5. The van der Waals surface area contributed by atoms with Crippen molar-refractivity contribution in [2.24, 2.45) is 0 Å². The van der Waals surface area contributed by atoms with Gasteiger partial charge in [0, 0.05) is 10.0 Å². The molecular formula is C20H14BrNO4. The van der Waals surface area contributed by atoms with Crippen molar-refractivity contribution < 1.29 is 19.0 Å². The second-order valence-corrected chi connectivity index (χ2v) is 6.28. The first-order valence-electron chi connectivity index (χ1n) is 7.70. The van der Waals surface area contributed by atoms with Gasteiger partial charge >= 0.3 is 5.97 Å². The number of hydrogen-bond donors (Lipinski definition) is 0. The van der Waals surface area contributed by atoms with Crippen molar-refractivity contribution in [3.8, 4) is 17.6 Å². The van der Waals surface area contributed by atoms with Gasteiger partial charge < -0.3 is 14.2 Å². The van der Waals surface area contributed by atoms with E-state index in [1.54, 1.807) is 30.4 Å². The number of methoxy groups -OCH3 is 1. The summed E-state index contributed by atoms with van der Waals surface area (Å²) >= 11 is 3.38. The largest absolute Gasteiger partial charge is 0.493 e. The number of benzene rings is 2. The Bertz CT molecular complexity index is 939. The van der Waals surface area contributed by atoms with Gasteiger partial charge in [-0.2, -0.15) is 5.26 Å². The van der Waals surface area contributed by atoms with E-state index in [1.165, 1.54) is 7.11 Å². The third kappa shape index (κ3) is 3.95. The molecule has 6 heteroatoms. The van der Waals surface area contributed by atoms with E-state index in [0.29, 0.717) is 22.8 Å². The Balaban J connectivity index is 1.88. The van der Waals surface area contributed by atoms with Gasteiger partial charge in [-0.15, -0.1) is 0 Å². The molecule has 0 fully saturated rings. The first-order chi connectivity index (χ1) is 12.6. The summed E-state index contributed by atoms with van der Waals surface area (Å²) in [5.74, 6) is 1.05. The van der Waals surface area contributed by atoms with Crippen molar-refractivity contribution in [1.82, 2.24) is 0 Å². The van der Waals surface area contributed by atoms with Gasteiger partial charge in [-0.05, 0) is 42.0 Å². The zero-order valence-electron chi connectivity index (χ0n) is 13.9. The van der Waals surface area contributed by atoms with Crippen molar-refractivity contribution in [3.05, 3.63) is 69.7 Å². The van der Waals surface area contributed by atoms with E-state index in [2.05, 4.69) is 15.9 Å². The van der Waals surface area contributed by atoms with Crippen LogP contribution >= 0.6 is 15.9 Å². The van der Waals surface area contributed by atoms with E-state index < -0.39 is 5.97 Å². The fourth-order valence-corrected chi connectivity index (χ4v) is 2.69. The standard InChI is InChI=1S/C20H14BrNO4/c1-24-19-11-13(2-7-17(19)25-9-8-22)10-15-12-18(26-20(15)23)14-3-5-16(21)6-4-14/h2-7,10-12H,9H2,1H3. The van der Waals surface area contributed by atoms with E-state index in [1.807, 2.05) is 30.3 Å². The van der Waals surface area contributed by atoms with E-state index in [4.69, 9.17) is 19.5 Å². The lowest BCUT2D eigenvalue weighted by Crippen LogP contribution is -1.98. The number of cyclic esters (lactones) is 1. The monoisotopic (exact) mass is 411 g/mol. The maximum absolute atomic E-state index is 12.1. The van der Waals surface area contributed by atoms with Crippen molar-refractivity contribution >= 4 is 33.7 Å². The van der Waals surface area contributed by atoms with Gasteiger partial charge in [-0.3, -0.25) is 0 Å². The van der Waals surface area contributed by atoms with Crippen LogP contribution in [-0.2, 0) is 9.53 Å². The molecule has 0 saturated heterocycles. The van der Waals surface area contributed by atoms with Crippen LogP contribution in [0, 0.1) is 11.3 Å².